The fourth-order valence-electron chi connectivity index (χ4n) is 1.41. The van der Waals surface area contributed by atoms with Crippen molar-refractivity contribution in [3.63, 3.8) is 0 Å². The maximum atomic E-state index is 2.41. The molecule has 64 valence electrons. The van der Waals surface area contributed by atoms with E-state index < -0.39 is 0 Å². The second-order valence-electron chi connectivity index (χ2n) is 3.77. The zero-order valence-corrected chi connectivity index (χ0v) is 7.84. The molecule has 0 aromatic rings. The predicted octanol–water partition coefficient (Wildman–Crippen LogP) is 3.78. The van der Waals surface area contributed by atoms with E-state index in [-0.39, 0.29) is 0 Å². The SMILES string of the molecule is CCCCC=CC(C)C1CC1. The Morgan fingerprint density at radius 1 is 1.45 bits per heavy atom. The Hall–Kier alpha value is -0.260. The van der Waals surface area contributed by atoms with Crippen LogP contribution in [0.5, 0.6) is 0 Å². The van der Waals surface area contributed by atoms with Gasteiger partial charge in [-0.3, -0.25) is 0 Å². The minimum atomic E-state index is 0.854. The van der Waals surface area contributed by atoms with Gasteiger partial charge in [0.2, 0.25) is 0 Å². The molecule has 11 heavy (non-hydrogen) atoms. The lowest BCUT2D eigenvalue weighted by Crippen LogP contribution is -1.90. The van der Waals surface area contributed by atoms with E-state index in [9.17, 15) is 0 Å². The van der Waals surface area contributed by atoms with Gasteiger partial charge in [-0.2, -0.15) is 0 Å². The van der Waals surface area contributed by atoms with Gasteiger partial charge in [0.25, 0.3) is 0 Å². The zero-order chi connectivity index (χ0) is 8.10. The highest BCUT2D eigenvalue weighted by Crippen LogP contribution is 2.37. The highest BCUT2D eigenvalue weighted by atomic mass is 14.3. The van der Waals surface area contributed by atoms with Gasteiger partial charge in [0.05, 0.1) is 0 Å². The predicted molar refractivity (Wildman–Crippen MR) is 50.6 cm³/mol. The van der Waals surface area contributed by atoms with Gasteiger partial charge in [-0.1, -0.05) is 38.8 Å². The molecule has 0 spiro atoms. The third kappa shape index (κ3) is 3.60. The zero-order valence-electron chi connectivity index (χ0n) is 7.84. The minimum Gasteiger partial charge on any atom is -0.0883 e. The van der Waals surface area contributed by atoms with E-state index in [2.05, 4.69) is 26.0 Å². The van der Waals surface area contributed by atoms with E-state index in [1.165, 1.54) is 32.1 Å². The summed E-state index contributed by atoms with van der Waals surface area (Å²) in [6.07, 6.45) is 11.7. The summed E-state index contributed by atoms with van der Waals surface area (Å²) in [5.41, 5.74) is 0. The molecule has 0 aromatic carbocycles. The number of allylic oxidation sites excluding steroid dienone is 2. The van der Waals surface area contributed by atoms with Crippen molar-refractivity contribution in [2.75, 3.05) is 0 Å². The van der Waals surface area contributed by atoms with Crippen LogP contribution in [0, 0.1) is 11.8 Å². The molecule has 0 amide bonds. The minimum absolute atomic E-state index is 0.854. The molecule has 0 saturated heterocycles. The van der Waals surface area contributed by atoms with Crippen LogP contribution in [-0.4, -0.2) is 0 Å². The summed E-state index contributed by atoms with van der Waals surface area (Å²) < 4.78 is 0. The Morgan fingerprint density at radius 3 is 2.73 bits per heavy atom. The van der Waals surface area contributed by atoms with Crippen LogP contribution in [0.3, 0.4) is 0 Å². The Morgan fingerprint density at radius 2 is 2.18 bits per heavy atom. The molecule has 0 heterocycles. The first-order chi connectivity index (χ1) is 5.34. The molecule has 0 N–H and O–H groups in total. The van der Waals surface area contributed by atoms with Crippen LogP contribution >= 0.6 is 0 Å². The summed E-state index contributed by atoms with van der Waals surface area (Å²) in [4.78, 5) is 0. The van der Waals surface area contributed by atoms with Gasteiger partial charge in [0, 0.05) is 0 Å². The van der Waals surface area contributed by atoms with Gasteiger partial charge in [0.1, 0.15) is 0 Å². The van der Waals surface area contributed by atoms with Gasteiger partial charge in [-0.05, 0) is 31.1 Å². The molecule has 1 aliphatic rings. The Balaban J connectivity index is 2.02. The van der Waals surface area contributed by atoms with Crippen LogP contribution in [0.4, 0.5) is 0 Å². The molecule has 1 saturated carbocycles. The van der Waals surface area contributed by atoms with Crippen molar-refractivity contribution < 1.29 is 0 Å². The normalized spacial score (nSPS) is 20.9. The van der Waals surface area contributed by atoms with Crippen molar-refractivity contribution in [3.8, 4) is 0 Å². The summed E-state index contributed by atoms with van der Waals surface area (Å²) in [5, 5.41) is 0. The summed E-state index contributed by atoms with van der Waals surface area (Å²) in [7, 11) is 0. The third-order valence-electron chi connectivity index (χ3n) is 2.53. The van der Waals surface area contributed by atoms with Crippen LogP contribution in [0.1, 0.15) is 46.0 Å². The second kappa shape index (κ2) is 4.58. The first kappa shape index (κ1) is 8.83. The summed E-state index contributed by atoms with van der Waals surface area (Å²) in [5.74, 6) is 1.89. The highest BCUT2D eigenvalue weighted by Gasteiger charge is 2.25. The van der Waals surface area contributed by atoms with E-state index in [1.807, 2.05) is 0 Å². The lowest BCUT2D eigenvalue weighted by molar-refractivity contribution is 0.624. The van der Waals surface area contributed by atoms with E-state index in [1.54, 1.807) is 0 Å². The Labute approximate surface area is 70.7 Å². The molecule has 0 radical (unpaired) electrons. The van der Waals surface area contributed by atoms with Gasteiger partial charge in [-0.15, -0.1) is 0 Å². The van der Waals surface area contributed by atoms with E-state index >= 15 is 0 Å². The van der Waals surface area contributed by atoms with Gasteiger partial charge in [-0.25, -0.2) is 0 Å². The topological polar surface area (TPSA) is 0 Å². The fourth-order valence-corrected chi connectivity index (χ4v) is 1.41. The van der Waals surface area contributed by atoms with Crippen LogP contribution in [-0.2, 0) is 0 Å². The molecule has 1 rings (SSSR count). The number of hydrogen-bond acceptors (Lipinski definition) is 0. The van der Waals surface area contributed by atoms with Crippen LogP contribution in [0.2, 0.25) is 0 Å². The molecule has 0 aliphatic heterocycles. The molecular weight excluding hydrogens is 132 g/mol. The first-order valence-electron chi connectivity index (χ1n) is 5.01. The quantitative estimate of drug-likeness (QED) is 0.415. The average Bonchev–Trinajstić information content (AvgIpc) is 2.79. The number of hydrogen-bond donors (Lipinski definition) is 0. The fraction of sp³-hybridized carbons (Fsp3) is 0.818. The smallest absolute Gasteiger partial charge is 0.0234 e. The van der Waals surface area contributed by atoms with E-state index in [0.29, 0.717) is 0 Å². The lowest BCUT2D eigenvalue weighted by atomic mass is 10.1. The third-order valence-corrected chi connectivity index (χ3v) is 2.53. The van der Waals surface area contributed by atoms with Gasteiger partial charge >= 0.3 is 0 Å². The Bertz CT molecular complexity index is 120. The number of unbranched alkanes of at least 4 members (excludes halogenated alkanes) is 2. The van der Waals surface area contributed by atoms with Crippen molar-refractivity contribution in [2.24, 2.45) is 11.8 Å². The van der Waals surface area contributed by atoms with Crippen LogP contribution in [0.15, 0.2) is 12.2 Å². The lowest BCUT2D eigenvalue weighted by Gasteiger charge is -2.00. The summed E-state index contributed by atoms with van der Waals surface area (Å²) >= 11 is 0. The standard InChI is InChI=1S/C11H20/c1-3-4-5-6-7-10(2)11-8-9-11/h6-7,10-11H,3-5,8-9H2,1-2H3. The van der Waals surface area contributed by atoms with Crippen molar-refractivity contribution in [3.05, 3.63) is 12.2 Å². The average molecular weight is 152 g/mol. The molecule has 0 aromatic heterocycles. The second-order valence-corrected chi connectivity index (χ2v) is 3.77. The van der Waals surface area contributed by atoms with Gasteiger partial charge < -0.3 is 0 Å². The van der Waals surface area contributed by atoms with E-state index in [0.717, 1.165) is 11.8 Å². The molecule has 0 nitrogen and oxygen atoms in total. The molecule has 1 fully saturated rings. The maximum absolute atomic E-state index is 2.41. The van der Waals surface area contributed by atoms with E-state index in [4.69, 9.17) is 0 Å². The Kier molecular flexibility index (Phi) is 3.68. The monoisotopic (exact) mass is 152 g/mol. The van der Waals surface area contributed by atoms with Crippen molar-refractivity contribution in [1.29, 1.82) is 0 Å². The maximum Gasteiger partial charge on any atom is -0.0234 e. The molecule has 1 unspecified atom stereocenters. The molecule has 1 atom stereocenters. The largest absolute Gasteiger partial charge is 0.0883 e. The molecule has 1 aliphatic carbocycles. The van der Waals surface area contributed by atoms with Gasteiger partial charge in [0.15, 0.2) is 0 Å². The number of rotatable bonds is 5. The molecule has 0 bridgehead atoms. The molecule has 0 heteroatoms. The van der Waals surface area contributed by atoms with Crippen molar-refractivity contribution >= 4 is 0 Å². The van der Waals surface area contributed by atoms with Crippen molar-refractivity contribution in [2.45, 2.75) is 46.0 Å². The van der Waals surface area contributed by atoms with Crippen LogP contribution in [0.25, 0.3) is 0 Å². The van der Waals surface area contributed by atoms with Crippen LogP contribution < -0.4 is 0 Å². The summed E-state index contributed by atoms with van der Waals surface area (Å²) in [6.45, 7) is 4.60. The first-order valence-corrected chi connectivity index (χ1v) is 5.01. The van der Waals surface area contributed by atoms with Crippen molar-refractivity contribution in [1.82, 2.24) is 0 Å². The molecular formula is C11H20. The highest BCUT2D eigenvalue weighted by molar-refractivity contribution is 4.93. The summed E-state index contributed by atoms with van der Waals surface area (Å²) in [6, 6.07) is 0.